The number of carbonyl (C=O) groups is 1. The van der Waals surface area contributed by atoms with E-state index in [0.29, 0.717) is 18.7 Å². The highest BCUT2D eigenvalue weighted by Crippen LogP contribution is 2.25. The average Bonchev–Trinajstić information content (AvgIpc) is 2.68. The first-order chi connectivity index (χ1) is 13.8. The van der Waals surface area contributed by atoms with Crippen molar-refractivity contribution in [3.8, 4) is 5.75 Å². The summed E-state index contributed by atoms with van der Waals surface area (Å²) in [7, 11) is -3.69. The third kappa shape index (κ3) is 5.10. The minimum atomic E-state index is -3.69. The summed E-state index contributed by atoms with van der Waals surface area (Å²) in [4.78, 5) is 12.7. The second-order valence-electron chi connectivity index (χ2n) is 6.81. The molecule has 0 bridgehead atoms. The number of piperidine rings is 1. The van der Waals surface area contributed by atoms with Crippen molar-refractivity contribution in [2.45, 2.75) is 37.7 Å². The molecule has 1 aliphatic heterocycles. The zero-order chi connectivity index (χ0) is 21.0. The molecule has 9 heteroatoms. The van der Waals surface area contributed by atoms with E-state index in [1.807, 2.05) is 0 Å². The maximum Gasteiger partial charge on any atom is 0.387 e. The van der Waals surface area contributed by atoms with Crippen LogP contribution in [0.15, 0.2) is 47.4 Å². The van der Waals surface area contributed by atoms with Crippen LogP contribution in [0, 0.1) is 6.92 Å². The van der Waals surface area contributed by atoms with E-state index in [2.05, 4.69) is 10.1 Å². The summed E-state index contributed by atoms with van der Waals surface area (Å²) in [5, 5.41) is 2.58. The second-order valence-corrected chi connectivity index (χ2v) is 8.71. The van der Waals surface area contributed by atoms with E-state index in [1.54, 1.807) is 13.0 Å². The van der Waals surface area contributed by atoms with Crippen LogP contribution >= 0.6 is 0 Å². The molecule has 6 nitrogen and oxygen atoms in total. The van der Waals surface area contributed by atoms with Crippen molar-refractivity contribution in [3.63, 3.8) is 0 Å². The first kappa shape index (κ1) is 21.2. The van der Waals surface area contributed by atoms with Gasteiger partial charge in [-0.15, -0.1) is 0 Å². The lowest BCUT2D eigenvalue weighted by Crippen LogP contribution is -2.36. The van der Waals surface area contributed by atoms with Crippen molar-refractivity contribution in [1.82, 2.24) is 4.31 Å². The third-order valence-electron chi connectivity index (χ3n) is 4.70. The number of amides is 1. The van der Waals surface area contributed by atoms with E-state index < -0.39 is 22.5 Å². The van der Waals surface area contributed by atoms with Gasteiger partial charge >= 0.3 is 6.61 Å². The number of halogens is 2. The van der Waals surface area contributed by atoms with Crippen molar-refractivity contribution >= 4 is 21.6 Å². The molecule has 1 aliphatic rings. The molecular formula is C20H22F2N2O4S. The Balaban J connectivity index is 1.83. The van der Waals surface area contributed by atoms with Crippen molar-refractivity contribution in [2.24, 2.45) is 0 Å². The van der Waals surface area contributed by atoms with Crippen LogP contribution in [-0.4, -0.2) is 38.3 Å². The monoisotopic (exact) mass is 424 g/mol. The molecule has 0 aromatic heterocycles. The van der Waals surface area contributed by atoms with Crippen LogP contribution in [0.1, 0.15) is 35.2 Å². The van der Waals surface area contributed by atoms with E-state index in [0.717, 1.165) is 19.3 Å². The Morgan fingerprint density at radius 2 is 1.83 bits per heavy atom. The summed E-state index contributed by atoms with van der Waals surface area (Å²) in [6.07, 6.45) is 2.63. The van der Waals surface area contributed by atoms with Gasteiger partial charge in [0, 0.05) is 30.4 Å². The standard InChI is InChI=1S/C20H22F2N2O4S/c1-14-8-9-15(12-18(14)29(26,27)24-10-3-2-4-11-24)19(25)23-16-6-5-7-17(13-16)28-20(21)22/h5-9,12-13,20H,2-4,10-11H2,1H3,(H,23,25). The number of aryl methyl sites for hydroxylation is 1. The second kappa shape index (κ2) is 8.87. The fraction of sp³-hybridized carbons (Fsp3) is 0.350. The molecule has 0 aliphatic carbocycles. The average molecular weight is 424 g/mol. The Labute approximate surface area is 168 Å². The van der Waals surface area contributed by atoms with Gasteiger partial charge in [0.05, 0.1) is 4.90 Å². The van der Waals surface area contributed by atoms with Crippen molar-refractivity contribution in [3.05, 3.63) is 53.6 Å². The molecular weight excluding hydrogens is 402 g/mol. The Bertz CT molecular complexity index is 990. The number of nitrogens with zero attached hydrogens (tertiary/aromatic N) is 1. The molecule has 156 valence electrons. The van der Waals surface area contributed by atoms with E-state index in [4.69, 9.17) is 0 Å². The zero-order valence-electron chi connectivity index (χ0n) is 15.9. The predicted molar refractivity (Wildman–Crippen MR) is 105 cm³/mol. The highest BCUT2D eigenvalue weighted by Gasteiger charge is 2.28. The number of ether oxygens (including phenoxy) is 1. The molecule has 1 saturated heterocycles. The molecule has 1 heterocycles. The summed E-state index contributed by atoms with van der Waals surface area (Å²) >= 11 is 0. The van der Waals surface area contributed by atoms with Crippen LogP contribution < -0.4 is 10.1 Å². The van der Waals surface area contributed by atoms with Gasteiger partial charge in [0.25, 0.3) is 5.91 Å². The zero-order valence-corrected chi connectivity index (χ0v) is 16.7. The van der Waals surface area contributed by atoms with Crippen LogP contribution in [-0.2, 0) is 10.0 Å². The number of hydrogen-bond donors (Lipinski definition) is 1. The number of hydrogen-bond acceptors (Lipinski definition) is 4. The van der Waals surface area contributed by atoms with Crippen LogP contribution in [0.4, 0.5) is 14.5 Å². The minimum Gasteiger partial charge on any atom is -0.435 e. The third-order valence-corrected chi connectivity index (χ3v) is 6.74. The lowest BCUT2D eigenvalue weighted by molar-refractivity contribution is -0.0498. The fourth-order valence-corrected chi connectivity index (χ4v) is 4.98. The molecule has 2 aromatic carbocycles. The maximum absolute atomic E-state index is 13.0. The topological polar surface area (TPSA) is 75.7 Å². The molecule has 0 unspecified atom stereocenters. The van der Waals surface area contributed by atoms with E-state index in [-0.39, 0.29) is 21.9 Å². The Hall–Kier alpha value is -2.52. The molecule has 1 amide bonds. The molecule has 1 N–H and O–H groups in total. The Kier molecular flexibility index (Phi) is 6.49. The van der Waals surface area contributed by atoms with E-state index in [9.17, 15) is 22.0 Å². The largest absolute Gasteiger partial charge is 0.435 e. The molecule has 29 heavy (non-hydrogen) atoms. The first-order valence-corrected chi connectivity index (χ1v) is 10.7. The quantitative estimate of drug-likeness (QED) is 0.760. The summed E-state index contributed by atoms with van der Waals surface area (Å²) in [6, 6.07) is 10.1. The van der Waals surface area contributed by atoms with Crippen molar-refractivity contribution in [1.29, 1.82) is 0 Å². The number of sulfonamides is 1. The smallest absolute Gasteiger partial charge is 0.387 e. The first-order valence-electron chi connectivity index (χ1n) is 9.24. The highest BCUT2D eigenvalue weighted by atomic mass is 32.2. The number of nitrogens with one attached hydrogen (secondary N) is 1. The van der Waals surface area contributed by atoms with Gasteiger partial charge in [-0.25, -0.2) is 8.42 Å². The molecule has 0 radical (unpaired) electrons. The van der Waals surface area contributed by atoms with E-state index in [1.165, 1.54) is 40.7 Å². The van der Waals surface area contributed by atoms with Gasteiger partial charge in [0.1, 0.15) is 5.75 Å². The van der Waals surface area contributed by atoms with E-state index >= 15 is 0 Å². The van der Waals surface area contributed by atoms with Gasteiger partial charge in [0.15, 0.2) is 0 Å². The lowest BCUT2D eigenvalue weighted by Gasteiger charge is -2.26. The van der Waals surface area contributed by atoms with Gasteiger partial charge < -0.3 is 10.1 Å². The minimum absolute atomic E-state index is 0.0879. The highest BCUT2D eigenvalue weighted by molar-refractivity contribution is 7.89. The Morgan fingerprint density at radius 1 is 1.10 bits per heavy atom. The normalized spacial score (nSPS) is 15.3. The SMILES string of the molecule is Cc1ccc(C(=O)Nc2cccc(OC(F)F)c2)cc1S(=O)(=O)N1CCCCC1. The fourth-order valence-electron chi connectivity index (χ4n) is 3.22. The van der Waals surface area contributed by atoms with Gasteiger partial charge in [0.2, 0.25) is 10.0 Å². The number of rotatable bonds is 6. The molecule has 1 fully saturated rings. The number of anilines is 1. The van der Waals surface area contributed by atoms with Crippen molar-refractivity contribution in [2.75, 3.05) is 18.4 Å². The van der Waals surface area contributed by atoms with Gasteiger partial charge in [-0.2, -0.15) is 13.1 Å². The summed E-state index contributed by atoms with van der Waals surface area (Å²) < 4.78 is 56.5. The molecule has 0 atom stereocenters. The Morgan fingerprint density at radius 3 is 2.52 bits per heavy atom. The van der Waals surface area contributed by atoms with Gasteiger partial charge in [-0.3, -0.25) is 4.79 Å². The summed E-state index contributed by atoms with van der Waals surface area (Å²) in [5.41, 5.74) is 0.972. The molecule has 0 spiro atoms. The van der Waals surface area contributed by atoms with Crippen molar-refractivity contribution < 1.29 is 26.7 Å². The predicted octanol–water partition coefficient (Wildman–Crippen LogP) is 4.02. The van der Waals surface area contributed by atoms with Gasteiger partial charge in [-0.05, 0) is 49.6 Å². The van der Waals surface area contributed by atoms with Crippen LogP contribution in [0.25, 0.3) is 0 Å². The molecule has 3 rings (SSSR count). The number of carbonyl (C=O) groups excluding carboxylic acids is 1. The van der Waals surface area contributed by atoms with Crippen LogP contribution in [0.3, 0.4) is 0 Å². The maximum atomic E-state index is 13.0. The summed E-state index contributed by atoms with van der Waals surface area (Å²) in [5.74, 6) is -0.635. The number of alkyl halides is 2. The van der Waals surface area contributed by atoms with Gasteiger partial charge in [-0.1, -0.05) is 18.6 Å². The number of benzene rings is 2. The summed E-state index contributed by atoms with van der Waals surface area (Å²) in [6.45, 7) is -0.353. The van der Waals surface area contributed by atoms with Crippen LogP contribution in [0.2, 0.25) is 0 Å². The lowest BCUT2D eigenvalue weighted by atomic mass is 10.1. The van der Waals surface area contributed by atoms with Crippen LogP contribution in [0.5, 0.6) is 5.75 Å². The molecule has 0 saturated carbocycles. The molecule has 2 aromatic rings.